The van der Waals surface area contributed by atoms with Crippen molar-refractivity contribution in [1.82, 2.24) is 9.78 Å². The molecule has 1 aliphatic carbocycles. The molecule has 0 aliphatic heterocycles. The lowest BCUT2D eigenvalue weighted by molar-refractivity contribution is -0.139. The van der Waals surface area contributed by atoms with Gasteiger partial charge in [0.25, 0.3) is 0 Å². The summed E-state index contributed by atoms with van der Waals surface area (Å²) < 4.78 is 58.2. The lowest BCUT2D eigenvalue weighted by Crippen LogP contribution is -2.18. The Labute approximate surface area is 205 Å². The highest BCUT2D eigenvalue weighted by atomic mass is 79.9. The summed E-state index contributed by atoms with van der Waals surface area (Å²) >= 11 is 3.10. The van der Waals surface area contributed by atoms with Gasteiger partial charge in [0.15, 0.2) is 5.56 Å². The van der Waals surface area contributed by atoms with Crippen molar-refractivity contribution in [3.05, 3.63) is 51.8 Å². The van der Waals surface area contributed by atoms with Crippen LogP contribution >= 0.6 is 15.9 Å². The molecule has 3 rings (SSSR count). The summed E-state index contributed by atoms with van der Waals surface area (Å²) in [6.45, 7) is 2.35. The molecule has 34 heavy (non-hydrogen) atoms. The van der Waals surface area contributed by atoms with Crippen LogP contribution in [-0.4, -0.2) is 30.0 Å². The number of benzene rings is 1. The van der Waals surface area contributed by atoms with Gasteiger partial charge in [0.05, 0.1) is 20.5 Å². The standard InChI is InChI=1S/C24H28BrF3N2O4/c1-15-8-10-16(11-9-15)12-30-21(25)20(24(26,27)28)22(29-30)34-13-17-6-4-5-7-18(17)19(14-32-2)23(31)33-3/h4-7,14-16H,8-13H2,1-3H3/b19-14+. The van der Waals surface area contributed by atoms with Crippen LogP contribution in [0.25, 0.3) is 5.57 Å². The molecule has 1 aromatic heterocycles. The van der Waals surface area contributed by atoms with Gasteiger partial charge in [-0.15, -0.1) is 5.10 Å². The van der Waals surface area contributed by atoms with E-state index in [4.69, 9.17) is 14.2 Å². The number of rotatable bonds is 8. The number of alkyl halides is 3. The van der Waals surface area contributed by atoms with Crippen LogP contribution in [-0.2, 0) is 33.6 Å². The number of ether oxygens (including phenoxy) is 3. The number of carbonyl (C=O) groups excluding carboxylic acids is 1. The van der Waals surface area contributed by atoms with E-state index >= 15 is 0 Å². The maximum Gasteiger partial charge on any atom is 0.424 e. The van der Waals surface area contributed by atoms with Gasteiger partial charge in [0, 0.05) is 6.54 Å². The van der Waals surface area contributed by atoms with Crippen molar-refractivity contribution >= 4 is 27.5 Å². The molecular weight excluding hydrogens is 517 g/mol. The Morgan fingerprint density at radius 1 is 1.21 bits per heavy atom. The number of aromatic nitrogens is 2. The Balaban J connectivity index is 1.88. The van der Waals surface area contributed by atoms with Gasteiger partial charge in [-0.05, 0) is 51.7 Å². The Morgan fingerprint density at radius 3 is 2.50 bits per heavy atom. The molecule has 0 N–H and O–H groups in total. The quantitative estimate of drug-likeness (QED) is 0.224. The van der Waals surface area contributed by atoms with Crippen molar-refractivity contribution in [2.24, 2.45) is 11.8 Å². The van der Waals surface area contributed by atoms with Crippen LogP contribution in [0.3, 0.4) is 0 Å². The second kappa shape index (κ2) is 11.3. The molecule has 0 atom stereocenters. The molecule has 0 saturated heterocycles. The lowest BCUT2D eigenvalue weighted by atomic mass is 9.83. The third-order valence-corrected chi connectivity index (χ3v) is 6.83. The van der Waals surface area contributed by atoms with Crippen LogP contribution in [0, 0.1) is 11.8 Å². The van der Waals surface area contributed by atoms with E-state index in [0.717, 1.165) is 25.7 Å². The molecular formula is C24H28BrF3N2O4. The summed E-state index contributed by atoms with van der Waals surface area (Å²) in [5.41, 5.74) is 0.0871. The average molecular weight is 545 g/mol. The molecule has 0 spiro atoms. The highest BCUT2D eigenvalue weighted by Gasteiger charge is 2.41. The van der Waals surface area contributed by atoms with Gasteiger partial charge in [-0.3, -0.25) is 4.68 Å². The van der Waals surface area contributed by atoms with Crippen molar-refractivity contribution < 1.29 is 32.2 Å². The number of carbonyl (C=O) groups is 1. The molecule has 0 amide bonds. The third kappa shape index (κ3) is 6.14. The molecule has 1 saturated carbocycles. The van der Waals surface area contributed by atoms with E-state index in [-0.39, 0.29) is 22.7 Å². The van der Waals surface area contributed by atoms with E-state index in [2.05, 4.69) is 28.0 Å². The molecule has 2 aromatic rings. The summed E-state index contributed by atoms with van der Waals surface area (Å²) in [6, 6.07) is 6.70. The Kier molecular flexibility index (Phi) is 8.67. The maximum absolute atomic E-state index is 13.9. The Hall–Kier alpha value is -2.49. The predicted molar refractivity (Wildman–Crippen MR) is 124 cm³/mol. The zero-order valence-electron chi connectivity index (χ0n) is 19.3. The summed E-state index contributed by atoms with van der Waals surface area (Å²) in [5, 5.41) is 4.16. The fraction of sp³-hybridized carbons (Fsp3) is 0.500. The van der Waals surface area contributed by atoms with Gasteiger partial charge in [-0.1, -0.05) is 44.0 Å². The van der Waals surface area contributed by atoms with E-state index in [1.54, 1.807) is 24.3 Å². The van der Waals surface area contributed by atoms with Crippen molar-refractivity contribution in [3.63, 3.8) is 0 Å². The van der Waals surface area contributed by atoms with Crippen LogP contribution < -0.4 is 4.74 Å². The number of hydrogen-bond acceptors (Lipinski definition) is 5. The lowest BCUT2D eigenvalue weighted by Gasteiger charge is -2.26. The van der Waals surface area contributed by atoms with E-state index in [1.807, 2.05) is 0 Å². The summed E-state index contributed by atoms with van der Waals surface area (Å²) in [7, 11) is 2.62. The number of nitrogens with zero attached hydrogens (tertiary/aromatic N) is 2. The van der Waals surface area contributed by atoms with Crippen molar-refractivity contribution in [2.75, 3.05) is 14.2 Å². The van der Waals surface area contributed by atoms with Crippen LogP contribution in [0.15, 0.2) is 35.1 Å². The van der Waals surface area contributed by atoms with Crippen LogP contribution in [0.5, 0.6) is 5.88 Å². The number of esters is 1. The normalized spacial score (nSPS) is 19.1. The van der Waals surface area contributed by atoms with E-state index in [9.17, 15) is 18.0 Å². The first-order valence-electron chi connectivity index (χ1n) is 11.0. The van der Waals surface area contributed by atoms with E-state index in [0.29, 0.717) is 23.6 Å². The second-order valence-corrected chi connectivity index (χ2v) is 9.23. The summed E-state index contributed by atoms with van der Waals surface area (Å²) in [6.07, 6.45) is 0.615. The fourth-order valence-corrected chi connectivity index (χ4v) is 4.76. The minimum Gasteiger partial charge on any atom is -0.503 e. The van der Waals surface area contributed by atoms with Gasteiger partial charge in [0.2, 0.25) is 5.88 Å². The van der Waals surface area contributed by atoms with Gasteiger partial charge in [-0.2, -0.15) is 13.2 Å². The summed E-state index contributed by atoms with van der Waals surface area (Å²) in [4.78, 5) is 12.2. The van der Waals surface area contributed by atoms with Gasteiger partial charge >= 0.3 is 12.1 Å². The maximum atomic E-state index is 13.9. The molecule has 186 valence electrons. The van der Waals surface area contributed by atoms with Crippen LogP contribution in [0.2, 0.25) is 0 Å². The van der Waals surface area contributed by atoms with Crippen molar-refractivity contribution in [3.8, 4) is 5.88 Å². The van der Waals surface area contributed by atoms with Crippen LogP contribution in [0.1, 0.15) is 49.3 Å². The molecule has 0 bridgehead atoms. The second-order valence-electron chi connectivity index (χ2n) is 8.48. The molecule has 10 heteroatoms. The molecule has 0 unspecified atom stereocenters. The molecule has 6 nitrogen and oxygen atoms in total. The number of methoxy groups -OCH3 is 2. The zero-order chi connectivity index (χ0) is 24.9. The third-order valence-electron chi connectivity index (χ3n) is 6.02. The van der Waals surface area contributed by atoms with E-state index < -0.39 is 23.6 Å². The van der Waals surface area contributed by atoms with Gasteiger partial charge in [-0.25, -0.2) is 4.79 Å². The van der Waals surface area contributed by atoms with Gasteiger partial charge in [0.1, 0.15) is 16.8 Å². The van der Waals surface area contributed by atoms with Crippen molar-refractivity contribution in [1.29, 1.82) is 0 Å². The highest BCUT2D eigenvalue weighted by Crippen LogP contribution is 2.42. The minimum absolute atomic E-state index is 0.124. The summed E-state index contributed by atoms with van der Waals surface area (Å²) in [5.74, 6) is -0.235. The topological polar surface area (TPSA) is 62.6 Å². The Morgan fingerprint density at radius 2 is 1.88 bits per heavy atom. The smallest absolute Gasteiger partial charge is 0.424 e. The van der Waals surface area contributed by atoms with Crippen molar-refractivity contribution in [2.45, 2.75) is 51.9 Å². The zero-order valence-corrected chi connectivity index (χ0v) is 20.9. The monoisotopic (exact) mass is 544 g/mol. The molecule has 1 aromatic carbocycles. The first kappa shape index (κ1) is 26.1. The first-order valence-corrected chi connectivity index (χ1v) is 11.8. The molecule has 1 aliphatic rings. The highest BCUT2D eigenvalue weighted by molar-refractivity contribution is 9.10. The number of halogens is 4. The Bertz CT molecular complexity index is 1030. The average Bonchev–Trinajstić information content (AvgIpc) is 3.12. The van der Waals surface area contributed by atoms with Crippen LogP contribution in [0.4, 0.5) is 13.2 Å². The minimum atomic E-state index is -4.65. The fourth-order valence-electron chi connectivity index (χ4n) is 4.14. The largest absolute Gasteiger partial charge is 0.503 e. The molecule has 1 fully saturated rings. The molecule has 1 heterocycles. The predicted octanol–water partition coefficient (Wildman–Crippen LogP) is 6.23. The SMILES string of the molecule is CO/C=C(/C(=O)OC)c1ccccc1COc1nn(CC2CCC(C)CC2)c(Br)c1C(F)(F)F. The first-order chi connectivity index (χ1) is 16.2. The number of hydrogen-bond donors (Lipinski definition) is 0. The van der Waals surface area contributed by atoms with E-state index in [1.165, 1.54) is 25.2 Å². The van der Waals surface area contributed by atoms with Gasteiger partial charge < -0.3 is 14.2 Å². The molecule has 0 radical (unpaired) electrons.